The molecule has 0 heterocycles. The predicted octanol–water partition coefficient (Wildman–Crippen LogP) is 2.43. The van der Waals surface area contributed by atoms with Crippen LogP contribution in [0.3, 0.4) is 0 Å². The first kappa shape index (κ1) is 13.0. The lowest BCUT2D eigenvalue weighted by Gasteiger charge is -2.26. The number of hydrogen-bond donors (Lipinski definition) is 1. The summed E-state index contributed by atoms with van der Waals surface area (Å²) in [5.41, 5.74) is 1.83. The maximum Gasteiger partial charge on any atom is 0.337 e. The van der Waals surface area contributed by atoms with E-state index in [1.165, 1.54) is 0 Å². The van der Waals surface area contributed by atoms with Crippen LogP contribution < -0.4 is 4.90 Å². The highest BCUT2D eigenvalue weighted by Gasteiger charge is 2.17. The van der Waals surface area contributed by atoms with E-state index in [2.05, 4.69) is 6.07 Å². The van der Waals surface area contributed by atoms with Crippen molar-refractivity contribution in [2.45, 2.75) is 26.3 Å². The zero-order chi connectivity index (χ0) is 13.0. The SMILES string of the molecule is Cc1ccc(N(C)C(C)CC#N)c(C(=O)O)c1. The summed E-state index contributed by atoms with van der Waals surface area (Å²) >= 11 is 0. The fourth-order valence-electron chi connectivity index (χ4n) is 1.64. The highest BCUT2D eigenvalue weighted by Crippen LogP contribution is 2.23. The fraction of sp³-hybridized carbons (Fsp3) is 0.385. The third kappa shape index (κ3) is 2.97. The van der Waals surface area contributed by atoms with E-state index in [4.69, 9.17) is 10.4 Å². The number of carboxylic acid groups (broad SMARTS) is 1. The first-order valence-corrected chi connectivity index (χ1v) is 5.41. The Kier molecular flexibility index (Phi) is 4.11. The molecule has 0 aromatic heterocycles. The molecule has 0 spiro atoms. The first-order chi connectivity index (χ1) is 7.97. The summed E-state index contributed by atoms with van der Waals surface area (Å²) in [4.78, 5) is 13.0. The minimum Gasteiger partial charge on any atom is -0.478 e. The van der Waals surface area contributed by atoms with Gasteiger partial charge in [0.2, 0.25) is 0 Å². The molecule has 1 aromatic carbocycles. The van der Waals surface area contributed by atoms with Crippen molar-refractivity contribution in [3.05, 3.63) is 29.3 Å². The van der Waals surface area contributed by atoms with Gasteiger partial charge in [0.05, 0.1) is 23.7 Å². The van der Waals surface area contributed by atoms with Crippen LogP contribution in [-0.2, 0) is 0 Å². The lowest BCUT2D eigenvalue weighted by molar-refractivity contribution is 0.0697. The number of benzene rings is 1. The molecule has 0 aliphatic heterocycles. The summed E-state index contributed by atoms with van der Waals surface area (Å²) in [5, 5.41) is 17.8. The van der Waals surface area contributed by atoms with Crippen LogP contribution >= 0.6 is 0 Å². The summed E-state index contributed by atoms with van der Waals surface area (Å²) < 4.78 is 0. The molecule has 1 atom stereocenters. The van der Waals surface area contributed by atoms with Crippen LogP contribution in [0.2, 0.25) is 0 Å². The predicted molar refractivity (Wildman–Crippen MR) is 66.2 cm³/mol. The monoisotopic (exact) mass is 232 g/mol. The van der Waals surface area contributed by atoms with Gasteiger partial charge in [-0.1, -0.05) is 11.6 Å². The quantitative estimate of drug-likeness (QED) is 0.865. The molecular formula is C13H16N2O2. The van der Waals surface area contributed by atoms with E-state index < -0.39 is 5.97 Å². The summed E-state index contributed by atoms with van der Waals surface area (Å²) in [7, 11) is 1.80. The summed E-state index contributed by atoms with van der Waals surface area (Å²) in [5.74, 6) is -0.945. The number of carbonyl (C=O) groups is 1. The molecule has 1 rings (SSSR count). The number of nitriles is 1. The number of aromatic carboxylic acids is 1. The lowest BCUT2D eigenvalue weighted by atomic mass is 10.1. The average molecular weight is 232 g/mol. The van der Waals surface area contributed by atoms with E-state index in [1.54, 1.807) is 19.2 Å². The van der Waals surface area contributed by atoms with Crippen molar-refractivity contribution in [2.24, 2.45) is 0 Å². The minimum absolute atomic E-state index is 0.0131. The van der Waals surface area contributed by atoms with Crippen LogP contribution in [-0.4, -0.2) is 24.2 Å². The van der Waals surface area contributed by atoms with Crippen molar-refractivity contribution in [1.82, 2.24) is 0 Å². The van der Waals surface area contributed by atoms with Gasteiger partial charge in [0, 0.05) is 13.1 Å². The zero-order valence-corrected chi connectivity index (χ0v) is 10.3. The van der Waals surface area contributed by atoms with E-state index in [-0.39, 0.29) is 11.6 Å². The molecular weight excluding hydrogens is 216 g/mol. The maximum atomic E-state index is 11.2. The molecule has 1 N–H and O–H groups in total. The van der Waals surface area contributed by atoms with Gasteiger partial charge in [0.25, 0.3) is 0 Å². The molecule has 0 fully saturated rings. The lowest BCUT2D eigenvalue weighted by Crippen LogP contribution is -2.29. The molecule has 0 saturated heterocycles. The van der Waals surface area contributed by atoms with Gasteiger partial charge in [-0.05, 0) is 26.0 Å². The average Bonchev–Trinajstić information content (AvgIpc) is 2.28. The van der Waals surface area contributed by atoms with Crippen molar-refractivity contribution in [3.8, 4) is 6.07 Å². The van der Waals surface area contributed by atoms with E-state index in [0.717, 1.165) is 5.56 Å². The van der Waals surface area contributed by atoms with Crippen LogP contribution in [0.1, 0.15) is 29.3 Å². The van der Waals surface area contributed by atoms with Crippen LogP contribution in [0.25, 0.3) is 0 Å². The highest BCUT2D eigenvalue weighted by molar-refractivity contribution is 5.94. The molecule has 0 bridgehead atoms. The number of anilines is 1. The van der Waals surface area contributed by atoms with Crippen LogP contribution in [0, 0.1) is 18.3 Å². The van der Waals surface area contributed by atoms with Gasteiger partial charge >= 0.3 is 5.97 Å². The third-order valence-electron chi connectivity index (χ3n) is 2.81. The van der Waals surface area contributed by atoms with E-state index in [1.807, 2.05) is 24.8 Å². The molecule has 1 aromatic rings. The Hall–Kier alpha value is -2.02. The summed E-state index contributed by atoms with van der Waals surface area (Å²) in [6.07, 6.45) is 0.365. The minimum atomic E-state index is -0.945. The van der Waals surface area contributed by atoms with E-state index in [0.29, 0.717) is 12.1 Å². The second kappa shape index (κ2) is 5.35. The van der Waals surface area contributed by atoms with Crippen molar-refractivity contribution in [1.29, 1.82) is 5.26 Å². The molecule has 0 radical (unpaired) electrons. The van der Waals surface area contributed by atoms with Gasteiger partial charge in [-0.2, -0.15) is 5.26 Å². The molecule has 0 aliphatic carbocycles. The second-order valence-corrected chi connectivity index (χ2v) is 4.15. The highest BCUT2D eigenvalue weighted by atomic mass is 16.4. The van der Waals surface area contributed by atoms with Gasteiger partial charge in [0.15, 0.2) is 0 Å². The van der Waals surface area contributed by atoms with E-state index in [9.17, 15) is 4.79 Å². The number of rotatable bonds is 4. The van der Waals surface area contributed by atoms with Crippen molar-refractivity contribution in [3.63, 3.8) is 0 Å². The van der Waals surface area contributed by atoms with Gasteiger partial charge < -0.3 is 10.0 Å². The van der Waals surface area contributed by atoms with Crippen LogP contribution in [0.5, 0.6) is 0 Å². The maximum absolute atomic E-state index is 11.2. The summed E-state index contributed by atoms with van der Waals surface area (Å²) in [6, 6.07) is 7.38. The molecule has 90 valence electrons. The Balaban J connectivity index is 3.13. The molecule has 0 amide bonds. The molecule has 1 unspecified atom stereocenters. The second-order valence-electron chi connectivity index (χ2n) is 4.15. The van der Waals surface area contributed by atoms with Crippen LogP contribution in [0.15, 0.2) is 18.2 Å². The Morgan fingerprint density at radius 2 is 2.24 bits per heavy atom. The topological polar surface area (TPSA) is 64.3 Å². The number of hydrogen-bond acceptors (Lipinski definition) is 3. The Bertz CT molecular complexity index is 463. The van der Waals surface area contributed by atoms with Gasteiger partial charge in [0.1, 0.15) is 0 Å². The molecule has 0 aliphatic rings. The number of nitrogens with zero attached hydrogens (tertiary/aromatic N) is 2. The van der Waals surface area contributed by atoms with Crippen LogP contribution in [0.4, 0.5) is 5.69 Å². The van der Waals surface area contributed by atoms with Gasteiger partial charge in [-0.15, -0.1) is 0 Å². The number of aryl methyl sites for hydroxylation is 1. The molecule has 17 heavy (non-hydrogen) atoms. The first-order valence-electron chi connectivity index (χ1n) is 5.41. The van der Waals surface area contributed by atoms with Crippen molar-refractivity contribution >= 4 is 11.7 Å². The largest absolute Gasteiger partial charge is 0.478 e. The zero-order valence-electron chi connectivity index (χ0n) is 10.3. The molecule has 4 nitrogen and oxygen atoms in total. The molecule has 0 saturated carbocycles. The fourth-order valence-corrected chi connectivity index (χ4v) is 1.64. The molecule has 4 heteroatoms. The normalized spacial score (nSPS) is 11.6. The Labute approximate surface area is 101 Å². The van der Waals surface area contributed by atoms with Crippen molar-refractivity contribution in [2.75, 3.05) is 11.9 Å². The van der Waals surface area contributed by atoms with Gasteiger partial charge in [-0.3, -0.25) is 0 Å². The number of carboxylic acids is 1. The smallest absolute Gasteiger partial charge is 0.337 e. The van der Waals surface area contributed by atoms with Gasteiger partial charge in [-0.25, -0.2) is 4.79 Å². The van der Waals surface area contributed by atoms with E-state index >= 15 is 0 Å². The summed E-state index contributed by atoms with van der Waals surface area (Å²) in [6.45, 7) is 3.75. The standard InChI is InChI=1S/C13H16N2O2/c1-9-4-5-12(11(8-9)13(16)17)15(3)10(2)6-7-14/h4-5,8,10H,6H2,1-3H3,(H,16,17). The Morgan fingerprint density at radius 1 is 1.59 bits per heavy atom. The third-order valence-corrected chi connectivity index (χ3v) is 2.81. The van der Waals surface area contributed by atoms with Crippen molar-refractivity contribution < 1.29 is 9.90 Å². The Morgan fingerprint density at radius 3 is 2.76 bits per heavy atom.